The highest BCUT2D eigenvalue weighted by Gasteiger charge is 2.26. The van der Waals surface area contributed by atoms with E-state index < -0.39 is 0 Å². The first-order chi connectivity index (χ1) is 20.5. The van der Waals surface area contributed by atoms with Gasteiger partial charge in [-0.2, -0.15) is 0 Å². The summed E-state index contributed by atoms with van der Waals surface area (Å²) in [6.45, 7) is 8.91. The van der Waals surface area contributed by atoms with Crippen LogP contribution >= 0.6 is 0 Å². The van der Waals surface area contributed by atoms with Crippen LogP contribution in [0.15, 0.2) is 60.7 Å². The summed E-state index contributed by atoms with van der Waals surface area (Å²) in [5, 5.41) is 8.96. The van der Waals surface area contributed by atoms with Gasteiger partial charge < -0.3 is 24.2 Å². The zero-order valence-corrected chi connectivity index (χ0v) is 24.6. The fourth-order valence-electron chi connectivity index (χ4n) is 5.31. The average molecular weight is 573 g/mol. The van der Waals surface area contributed by atoms with Crippen LogP contribution in [0.3, 0.4) is 0 Å². The van der Waals surface area contributed by atoms with Gasteiger partial charge in [0.1, 0.15) is 12.3 Å². The Kier molecular flexibility index (Phi) is 9.99. The highest BCUT2D eigenvalue weighted by atomic mass is 16.5. The molecule has 0 spiro atoms. The summed E-state index contributed by atoms with van der Waals surface area (Å²) < 4.78 is 10.8. The van der Waals surface area contributed by atoms with Crippen molar-refractivity contribution in [2.24, 2.45) is 0 Å². The predicted molar refractivity (Wildman–Crippen MR) is 162 cm³/mol. The number of morpholine rings is 1. The van der Waals surface area contributed by atoms with Crippen molar-refractivity contribution in [3.63, 3.8) is 0 Å². The molecule has 2 saturated heterocycles. The summed E-state index contributed by atoms with van der Waals surface area (Å²) in [6.07, 6.45) is 0.810. The molecule has 0 radical (unpaired) electrons. The van der Waals surface area contributed by atoms with Gasteiger partial charge in [0.2, 0.25) is 5.91 Å². The number of benzene rings is 2. The van der Waals surface area contributed by atoms with Crippen LogP contribution in [0.2, 0.25) is 0 Å². The number of amides is 2. The number of hydrogen-bond acceptors (Lipinski definition) is 8. The Labute approximate surface area is 247 Å². The molecule has 2 aliphatic heterocycles. The van der Waals surface area contributed by atoms with Crippen LogP contribution in [0.1, 0.15) is 22.3 Å². The minimum absolute atomic E-state index is 0.0332. The first kappa shape index (κ1) is 29.5. The molecular formula is C32H40N6O4. The Morgan fingerprint density at radius 2 is 1.74 bits per heavy atom. The third-order valence-electron chi connectivity index (χ3n) is 7.89. The second-order valence-electron chi connectivity index (χ2n) is 10.8. The van der Waals surface area contributed by atoms with E-state index in [0.717, 1.165) is 43.1 Å². The second kappa shape index (κ2) is 14.2. The van der Waals surface area contributed by atoms with E-state index >= 15 is 0 Å². The van der Waals surface area contributed by atoms with Crippen LogP contribution in [0.25, 0.3) is 11.3 Å². The quantitative estimate of drug-likeness (QED) is 0.387. The monoisotopic (exact) mass is 572 g/mol. The van der Waals surface area contributed by atoms with Gasteiger partial charge in [-0.25, -0.2) is 0 Å². The number of carbonyl (C=O) groups is 2. The van der Waals surface area contributed by atoms with E-state index in [0.29, 0.717) is 57.3 Å². The molecule has 5 rings (SSSR count). The van der Waals surface area contributed by atoms with Crippen LogP contribution in [0, 0.1) is 6.92 Å². The van der Waals surface area contributed by atoms with Crippen LogP contribution in [-0.2, 0) is 9.53 Å². The highest BCUT2D eigenvalue weighted by molar-refractivity contribution is 5.96. The topological polar surface area (TPSA) is 91.3 Å². The number of aromatic nitrogens is 2. The number of methoxy groups -OCH3 is 1. The third kappa shape index (κ3) is 7.63. The summed E-state index contributed by atoms with van der Waals surface area (Å²) in [6, 6.07) is 19.3. The first-order valence-electron chi connectivity index (χ1n) is 14.7. The third-order valence-corrected chi connectivity index (χ3v) is 7.89. The largest absolute Gasteiger partial charge is 0.497 e. The van der Waals surface area contributed by atoms with Crippen LogP contribution in [-0.4, -0.2) is 116 Å². The smallest absolute Gasteiger partial charge is 0.254 e. The molecule has 3 aromatic rings. The van der Waals surface area contributed by atoms with Gasteiger partial charge in [0, 0.05) is 63.5 Å². The van der Waals surface area contributed by atoms with Gasteiger partial charge in [0.15, 0.2) is 5.82 Å². The standard InChI is InChI=1S/C32H40N6O4/c1-25-7-9-26(10-8-25)29-11-12-30(34-33-29)36-13-4-14-37(18-17-36)31(39)24-38(16-15-35-19-21-42-22-20-35)32(40)27-5-3-6-28(23-27)41-2/h3,5-12,23H,4,13-22,24H2,1-2H3. The maximum atomic E-state index is 13.6. The molecule has 3 heterocycles. The minimum Gasteiger partial charge on any atom is -0.497 e. The van der Waals surface area contributed by atoms with Crippen LogP contribution in [0.4, 0.5) is 5.82 Å². The van der Waals surface area contributed by atoms with Crippen molar-refractivity contribution >= 4 is 17.6 Å². The number of carbonyl (C=O) groups excluding carboxylic acids is 2. The molecule has 0 unspecified atom stereocenters. The van der Waals surface area contributed by atoms with Crippen molar-refractivity contribution < 1.29 is 19.1 Å². The van der Waals surface area contributed by atoms with Crippen LogP contribution in [0.5, 0.6) is 5.75 Å². The lowest BCUT2D eigenvalue weighted by Gasteiger charge is -2.31. The Morgan fingerprint density at radius 3 is 2.48 bits per heavy atom. The number of hydrogen-bond donors (Lipinski definition) is 0. The zero-order valence-electron chi connectivity index (χ0n) is 24.6. The van der Waals surface area contributed by atoms with Crippen molar-refractivity contribution in [2.75, 3.05) is 84.1 Å². The van der Waals surface area contributed by atoms with E-state index in [1.165, 1.54) is 5.56 Å². The summed E-state index contributed by atoms with van der Waals surface area (Å²) in [7, 11) is 1.58. The normalized spacial score (nSPS) is 16.1. The van der Waals surface area contributed by atoms with Gasteiger partial charge in [0.25, 0.3) is 5.91 Å². The molecule has 0 aliphatic carbocycles. The maximum Gasteiger partial charge on any atom is 0.254 e. The lowest BCUT2D eigenvalue weighted by atomic mass is 10.1. The van der Waals surface area contributed by atoms with E-state index in [4.69, 9.17) is 9.47 Å². The van der Waals surface area contributed by atoms with E-state index in [-0.39, 0.29) is 18.4 Å². The molecule has 2 aliphatic rings. The summed E-state index contributed by atoms with van der Waals surface area (Å²) in [4.78, 5) is 35.1. The van der Waals surface area contributed by atoms with E-state index in [9.17, 15) is 9.59 Å². The fourth-order valence-corrected chi connectivity index (χ4v) is 5.31. The van der Waals surface area contributed by atoms with E-state index in [2.05, 4.69) is 51.2 Å². The van der Waals surface area contributed by atoms with Crippen molar-refractivity contribution in [1.29, 1.82) is 0 Å². The molecule has 10 nitrogen and oxygen atoms in total. The molecule has 42 heavy (non-hydrogen) atoms. The average Bonchev–Trinajstić information content (AvgIpc) is 3.30. The SMILES string of the molecule is COc1cccc(C(=O)N(CCN2CCOCC2)CC(=O)N2CCCN(c3ccc(-c4ccc(C)cc4)nn3)CC2)c1. The lowest BCUT2D eigenvalue weighted by molar-refractivity contribution is -0.131. The molecule has 0 atom stereocenters. The molecule has 0 saturated carbocycles. The summed E-state index contributed by atoms with van der Waals surface area (Å²) in [5.74, 6) is 1.20. The zero-order chi connectivity index (χ0) is 29.3. The summed E-state index contributed by atoms with van der Waals surface area (Å²) in [5.41, 5.74) is 3.59. The molecule has 2 amide bonds. The number of rotatable bonds is 9. The van der Waals surface area contributed by atoms with Gasteiger partial charge >= 0.3 is 0 Å². The fraction of sp³-hybridized carbons (Fsp3) is 0.438. The number of aryl methyl sites for hydroxylation is 1. The van der Waals surface area contributed by atoms with Crippen LogP contribution < -0.4 is 9.64 Å². The predicted octanol–water partition coefficient (Wildman–Crippen LogP) is 2.97. The number of ether oxygens (including phenoxy) is 2. The Bertz CT molecular complexity index is 1330. The molecular weight excluding hydrogens is 532 g/mol. The van der Waals surface area contributed by atoms with Gasteiger partial charge in [-0.05, 0) is 43.7 Å². The van der Waals surface area contributed by atoms with E-state index in [1.807, 2.05) is 23.1 Å². The Hall–Kier alpha value is -4.02. The second-order valence-corrected chi connectivity index (χ2v) is 10.8. The minimum atomic E-state index is -0.170. The van der Waals surface area contributed by atoms with Crippen molar-refractivity contribution in [2.45, 2.75) is 13.3 Å². The highest BCUT2D eigenvalue weighted by Crippen LogP contribution is 2.20. The molecule has 222 valence electrons. The maximum absolute atomic E-state index is 13.6. The molecule has 0 N–H and O–H groups in total. The van der Waals surface area contributed by atoms with Gasteiger partial charge in [0.05, 0.1) is 26.0 Å². The van der Waals surface area contributed by atoms with Crippen molar-refractivity contribution in [3.8, 4) is 17.0 Å². The molecule has 0 bridgehead atoms. The van der Waals surface area contributed by atoms with Gasteiger partial charge in [-0.15, -0.1) is 10.2 Å². The summed E-state index contributed by atoms with van der Waals surface area (Å²) >= 11 is 0. The molecule has 10 heteroatoms. The first-order valence-corrected chi connectivity index (χ1v) is 14.7. The number of nitrogens with zero attached hydrogens (tertiary/aromatic N) is 6. The van der Waals surface area contributed by atoms with Crippen molar-refractivity contribution in [1.82, 2.24) is 24.9 Å². The molecule has 2 aromatic carbocycles. The van der Waals surface area contributed by atoms with Gasteiger partial charge in [-0.1, -0.05) is 35.9 Å². The Balaban J connectivity index is 1.22. The lowest BCUT2D eigenvalue weighted by Crippen LogP contribution is -2.47. The van der Waals surface area contributed by atoms with E-state index in [1.54, 1.807) is 30.2 Å². The molecule has 2 fully saturated rings. The van der Waals surface area contributed by atoms with Crippen molar-refractivity contribution in [3.05, 3.63) is 71.8 Å². The number of anilines is 1. The Morgan fingerprint density at radius 1 is 0.929 bits per heavy atom. The van der Waals surface area contributed by atoms with Gasteiger partial charge in [-0.3, -0.25) is 14.5 Å². The molecule has 1 aromatic heterocycles.